The highest BCUT2D eigenvalue weighted by Crippen LogP contribution is 2.41. The maximum atomic E-state index is 12.5. The van der Waals surface area contributed by atoms with Crippen molar-refractivity contribution in [3.8, 4) is 28.5 Å². The Balaban J connectivity index is 1.57. The zero-order valence-electron chi connectivity index (χ0n) is 17.9. The summed E-state index contributed by atoms with van der Waals surface area (Å²) < 4.78 is 11.0. The van der Waals surface area contributed by atoms with Crippen molar-refractivity contribution in [2.75, 3.05) is 11.9 Å². The summed E-state index contributed by atoms with van der Waals surface area (Å²) in [5.41, 5.74) is 2.83. The number of furan rings is 1. The Morgan fingerprint density at radius 3 is 2.12 bits per heavy atom. The van der Waals surface area contributed by atoms with Crippen molar-refractivity contribution >= 4 is 24.0 Å². The molecule has 0 radical (unpaired) electrons. The first-order valence-electron chi connectivity index (χ1n) is 10.3. The molecule has 3 aromatic carbocycles. The highest BCUT2D eigenvalue weighted by atomic mass is 16.5. The van der Waals surface area contributed by atoms with E-state index in [2.05, 4.69) is 11.4 Å². The molecule has 0 fully saturated rings. The van der Waals surface area contributed by atoms with Gasteiger partial charge in [-0.25, -0.2) is 4.79 Å². The van der Waals surface area contributed by atoms with Gasteiger partial charge >= 0.3 is 5.97 Å². The van der Waals surface area contributed by atoms with Gasteiger partial charge in [0.2, 0.25) is 5.88 Å². The van der Waals surface area contributed by atoms with E-state index in [1.54, 1.807) is 0 Å². The molecule has 0 saturated carbocycles. The van der Waals surface area contributed by atoms with Crippen LogP contribution in [0.4, 0.5) is 5.88 Å². The molecular weight excluding hydrogens is 432 g/mol. The van der Waals surface area contributed by atoms with Gasteiger partial charge in [-0.05, 0) is 17.7 Å². The lowest BCUT2D eigenvalue weighted by atomic mass is 9.98. The molecule has 0 spiro atoms. The number of hydrogen-bond acceptors (Lipinski definition) is 6. The van der Waals surface area contributed by atoms with Crippen molar-refractivity contribution in [3.05, 3.63) is 102 Å². The van der Waals surface area contributed by atoms with E-state index >= 15 is 0 Å². The second-order valence-corrected chi connectivity index (χ2v) is 7.22. The normalized spacial score (nSPS) is 10.2. The lowest BCUT2D eigenvalue weighted by Crippen LogP contribution is -2.21. The third-order valence-corrected chi connectivity index (χ3v) is 4.99. The van der Waals surface area contributed by atoms with Gasteiger partial charge in [-0.2, -0.15) is 5.26 Å². The number of rotatable bonds is 7. The van der Waals surface area contributed by atoms with Crippen LogP contribution in [0.2, 0.25) is 0 Å². The molecule has 4 rings (SSSR count). The van der Waals surface area contributed by atoms with Gasteiger partial charge in [0.05, 0.1) is 5.56 Å². The van der Waals surface area contributed by atoms with E-state index in [-0.39, 0.29) is 17.0 Å². The number of amides is 1. The monoisotopic (exact) mass is 450 g/mol. The summed E-state index contributed by atoms with van der Waals surface area (Å²) in [4.78, 5) is 35.4. The largest absolute Gasteiger partial charge is 0.452 e. The number of nitrogens with one attached hydrogen (secondary N) is 1. The van der Waals surface area contributed by atoms with Crippen LogP contribution in [-0.2, 0) is 9.53 Å². The highest BCUT2D eigenvalue weighted by molar-refractivity contribution is 5.98. The Morgan fingerprint density at radius 1 is 0.912 bits per heavy atom. The minimum atomic E-state index is -0.720. The number of hydrogen-bond donors (Lipinski definition) is 1. The summed E-state index contributed by atoms with van der Waals surface area (Å²) >= 11 is 0. The number of aldehydes is 1. The summed E-state index contributed by atoms with van der Waals surface area (Å²) in [6, 6.07) is 26.4. The fraction of sp³-hybridized carbons (Fsp3) is 0.0370. The van der Waals surface area contributed by atoms with E-state index in [9.17, 15) is 19.6 Å². The summed E-state index contributed by atoms with van der Waals surface area (Å²) in [5, 5.41) is 12.4. The van der Waals surface area contributed by atoms with E-state index in [4.69, 9.17) is 9.15 Å². The number of esters is 1. The van der Waals surface area contributed by atoms with Crippen LogP contribution >= 0.6 is 0 Å². The molecular formula is C27H18N2O5. The van der Waals surface area contributed by atoms with Crippen LogP contribution in [0, 0.1) is 11.3 Å². The molecule has 1 amide bonds. The van der Waals surface area contributed by atoms with Crippen LogP contribution in [0.5, 0.6) is 0 Å². The van der Waals surface area contributed by atoms with Crippen molar-refractivity contribution in [1.29, 1.82) is 5.26 Å². The summed E-state index contributed by atoms with van der Waals surface area (Å²) in [6.07, 6.45) is 0.659. The number of anilines is 1. The molecule has 7 nitrogen and oxygen atoms in total. The number of ether oxygens (including phenoxy) is 1. The minimum absolute atomic E-state index is 0.0309. The molecule has 7 heteroatoms. The molecule has 0 aliphatic rings. The minimum Gasteiger partial charge on any atom is -0.452 e. The fourth-order valence-electron chi connectivity index (χ4n) is 3.37. The van der Waals surface area contributed by atoms with Gasteiger partial charge < -0.3 is 9.15 Å². The smallest absolute Gasteiger partial charge is 0.338 e. The molecule has 0 atom stereocenters. The number of nitrogens with zero attached hydrogens (tertiary/aromatic N) is 1. The number of carbonyl (C=O) groups excluding carboxylic acids is 3. The standard InChI is InChI=1S/C27H18N2O5/c28-15-22-24(19-7-3-1-4-8-19)25(20-9-5-2-6-10-20)34-26(22)29-23(31)17-33-27(32)21-13-11-18(16-30)12-14-21/h1-14,16H,17H2,(H,29,31). The van der Waals surface area contributed by atoms with Crippen molar-refractivity contribution in [2.24, 2.45) is 0 Å². The number of benzene rings is 3. The topological polar surface area (TPSA) is 109 Å². The molecule has 0 aliphatic carbocycles. The summed E-state index contributed by atoms with van der Waals surface area (Å²) in [5.74, 6) is -0.979. The van der Waals surface area contributed by atoms with E-state index in [1.165, 1.54) is 24.3 Å². The van der Waals surface area contributed by atoms with Crippen molar-refractivity contribution in [1.82, 2.24) is 0 Å². The Kier molecular flexibility index (Phi) is 6.61. The van der Waals surface area contributed by atoms with Gasteiger partial charge in [0.1, 0.15) is 23.7 Å². The average molecular weight is 450 g/mol. The maximum absolute atomic E-state index is 12.5. The Bertz CT molecular complexity index is 1370. The summed E-state index contributed by atoms with van der Waals surface area (Å²) in [7, 11) is 0. The van der Waals surface area contributed by atoms with Gasteiger partial charge in [0.25, 0.3) is 5.91 Å². The quantitative estimate of drug-likeness (QED) is 0.310. The second kappa shape index (κ2) is 10.1. The second-order valence-electron chi connectivity index (χ2n) is 7.22. The van der Waals surface area contributed by atoms with Crippen LogP contribution in [0.25, 0.3) is 22.5 Å². The number of nitriles is 1. The predicted octanol–water partition coefficient (Wildman–Crippen LogP) is 5.09. The molecule has 4 aromatic rings. The van der Waals surface area contributed by atoms with Crippen molar-refractivity contribution in [3.63, 3.8) is 0 Å². The molecule has 0 saturated heterocycles. The lowest BCUT2D eigenvalue weighted by Gasteiger charge is -2.05. The van der Waals surface area contributed by atoms with Crippen molar-refractivity contribution < 1.29 is 23.5 Å². The first-order valence-corrected chi connectivity index (χ1v) is 10.3. The van der Waals surface area contributed by atoms with E-state index in [0.717, 1.165) is 11.1 Å². The lowest BCUT2D eigenvalue weighted by molar-refractivity contribution is -0.119. The van der Waals surface area contributed by atoms with Crippen LogP contribution < -0.4 is 5.32 Å². The molecule has 1 heterocycles. The fourth-order valence-corrected chi connectivity index (χ4v) is 3.37. The maximum Gasteiger partial charge on any atom is 0.338 e. The third-order valence-electron chi connectivity index (χ3n) is 4.99. The highest BCUT2D eigenvalue weighted by Gasteiger charge is 2.24. The van der Waals surface area contributed by atoms with Gasteiger partial charge in [0, 0.05) is 16.7 Å². The van der Waals surface area contributed by atoms with Crippen LogP contribution in [-0.4, -0.2) is 24.8 Å². The first kappa shape index (κ1) is 22.2. The van der Waals surface area contributed by atoms with Crippen molar-refractivity contribution in [2.45, 2.75) is 0 Å². The summed E-state index contributed by atoms with van der Waals surface area (Å²) in [6.45, 7) is -0.582. The Morgan fingerprint density at radius 2 is 1.53 bits per heavy atom. The molecule has 0 bridgehead atoms. The molecule has 34 heavy (non-hydrogen) atoms. The van der Waals surface area contributed by atoms with E-state index < -0.39 is 18.5 Å². The van der Waals surface area contributed by atoms with Gasteiger partial charge in [0.15, 0.2) is 6.61 Å². The van der Waals surface area contributed by atoms with E-state index in [1.807, 2.05) is 60.7 Å². The van der Waals surface area contributed by atoms with Crippen LogP contribution in [0.1, 0.15) is 26.3 Å². The first-order chi connectivity index (χ1) is 16.6. The van der Waals surface area contributed by atoms with Crippen LogP contribution in [0.3, 0.4) is 0 Å². The molecule has 1 aromatic heterocycles. The Labute approximate surface area is 195 Å². The zero-order chi connectivity index (χ0) is 23.9. The SMILES string of the molecule is N#Cc1c(NC(=O)COC(=O)c2ccc(C=O)cc2)oc(-c2ccccc2)c1-c1ccccc1. The molecule has 0 aliphatic heterocycles. The Hall–Kier alpha value is -4.96. The van der Waals surface area contributed by atoms with Gasteiger partial charge in [-0.1, -0.05) is 72.8 Å². The molecule has 166 valence electrons. The zero-order valence-corrected chi connectivity index (χ0v) is 17.9. The predicted molar refractivity (Wildman–Crippen MR) is 125 cm³/mol. The number of carbonyl (C=O) groups is 3. The van der Waals surface area contributed by atoms with Crippen LogP contribution in [0.15, 0.2) is 89.3 Å². The third kappa shape index (κ3) is 4.76. The van der Waals surface area contributed by atoms with Gasteiger partial charge in [-0.15, -0.1) is 0 Å². The average Bonchev–Trinajstić information content (AvgIpc) is 3.26. The molecule has 1 N–H and O–H groups in total. The van der Waals surface area contributed by atoms with Gasteiger partial charge in [-0.3, -0.25) is 14.9 Å². The molecule has 0 unspecified atom stereocenters. The van der Waals surface area contributed by atoms with E-state index in [0.29, 0.717) is 23.2 Å².